The third-order valence-corrected chi connectivity index (χ3v) is 6.43. The number of ketones is 1. The molecule has 3 heterocycles. The summed E-state index contributed by atoms with van der Waals surface area (Å²) < 4.78 is 0. The van der Waals surface area contributed by atoms with Crippen molar-refractivity contribution in [3.05, 3.63) is 59.8 Å². The number of aromatic amines is 1. The minimum atomic E-state index is -0.150. The highest BCUT2D eigenvalue weighted by molar-refractivity contribution is 6.12. The van der Waals surface area contributed by atoms with Gasteiger partial charge in [0.2, 0.25) is 0 Å². The van der Waals surface area contributed by atoms with E-state index in [-0.39, 0.29) is 17.6 Å². The van der Waals surface area contributed by atoms with E-state index in [9.17, 15) is 9.59 Å². The van der Waals surface area contributed by atoms with Crippen molar-refractivity contribution in [1.82, 2.24) is 15.3 Å². The van der Waals surface area contributed by atoms with Gasteiger partial charge in [-0.3, -0.25) is 14.6 Å². The number of H-pyrrole nitrogens is 1. The van der Waals surface area contributed by atoms with Crippen molar-refractivity contribution >= 4 is 23.7 Å². The molecule has 1 unspecified atom stereocenters. The minimum Gasteiger partial charge on any atom is -0.349 e. The highest BCUT2D eigenvalue weighted by Crippen LogP contribution is 2.33. The second-order valence-corrected chi connectivity index (χ2v) is 8.56. The van der Waals surface area contributed by atoms with Crippen molar-refractivity contribution in [1.29, 1.82) is 0 Å². The topological polar surface area (TPSA) is 87.2 Å². The lowest BCUT2D eigenvalue weighted by Gasteiger charge is -2.12. The van der Waals surface area contributed by atoms with Gasteiger partial charge in [-0.2, -0.15) is 0 Å². The summed E-state index contributed by atoms with van der Waals surface area (Å²) in [5.74, 6) is 0.563. The maximum atomic E-state index is 12.6. The number of amides is 1. The summed E-state index contributed by atoms with van der Waals surface area (Å²) in [6.07, 6.45) is 8.75. The number of rotatable bonds is 5. The molecule has 2 aromatic heterocycles. The van der Waals surface area contributed by atoms with Crippen LogP contribution >= 0.6 is 0 Å². The first kappa shape index (κ1) is 20.4. The first-order chi connectivity index (χ1) is 15.6. The maximum Gasteiger partial charge on any atom is 0.251 e. The molecular formula is C26H26N4O2. The van der Waals surface area contributed by atoms with Gasteiger partial charge in [0.1, 0.15) is 5.82 Å². The molecule has 1 aliphatic heterocycles. The standard InChI is InChI=1S/C26H26N4O2/c1-2-16-15-28-25-21(24(16)31)14-23(30-25)19-11-12-27-22(13-19)17-7-9-18(10-8-17)26(32)29-20-5-3-4-6-20/h7-16,20,30H,2-6H2,1H3,(H,29,32). The van der Waals surface area contributed by atoms with Crippen molar-refractivity contribution < 1.29 is 9.59 Å². The number of hydrogen-bond acceptors (Lipinski definition) is 4. The lowest BCUT2D eigenvalue weighted by Crippen LogP contribution is -2.32. The molecule has 0 saturated heterocycles. The molecule has 32 heavy (non-hydrogen) atoms. The Labute approximate surface area is 187 Å². The molecule has 1 saturated carbocycles. The van der Waals surface area contributed by atoms with Crippen molar-refractivity contribution in [2.75, 3.05) is 0 Å². The van der Waals surface area contributed by atoms with E-state index in [0.717, 1.165) is 41.8 Å². The van der Waals surface area contributed by atoms with Crippen LogP contribution in [0.25, 0.3) is 22.5 Å². The first-order valence-electron chi connectivity index (χ1n) is 11.3. The van der Waals surface area contributed by atoms with Crippen LogP contribution in [0.15, 0.2) is 53.7 Å². The number of aliphatic imine (C=N–C) groups is 1. The van der Waals surface area contributed by atoms with Crippen LogP contribution in [0.4, 0.5) is 5.82 Å². The van der Waals surface area contributed by atoms with Gasteiger partial charge in [0, 0.05) is 40.8 Å². The fraction of sp³-hybridized carbons (Fsp3) is 0.308. The number of carbonyl (C=O) groups excluding carboxylic acids is 2. The Balaban J connectivity index is 1.36. The number of Topliss-reactive ketones (excluding diaryl/α,β-unsaturated/α-hetero) is 1. The molecule has 2 aliphatic rings. The van der Waals surface area contributed by atoms with Crippen LogP contribution in [0.5, 0.6) is 0 Å². The molecule has 1 aromatic carbocycles. The Morgan fingerprint density at radius 1 is 1.09 bits per heavy atom. The van der Waals surface area contributed by atoms with E-state index < -0.39 is 0 Å². The largest absolute Gasteiger partial charge is 0.349 e. The predicted octanol–water partition coefficient (Wildman–Crippen LogP) is 5.34. The van der Waals surface area contributed by atoms with Crippen LogP contribution in [0, 0.1) is 5.92 Å². The molecule has 6 heteroatoms. The molecule has 1 fully saturated rings. The molecular weight excluding hydrogens is 400 g/mol. The SMILES string of the molecule is CCC1C=Nc2[nH]c(-c3ccnc(-c4ccc(C(=O)NC5CCCC5)cc4)c3)cc2C1=O. The van der Waals surface area contributed by atoms with Gasteiger partial charge >= 0.3 is 0 Å². The molecule has 0 bridgehead atoms. The average Bonchev–Trinajstić information content (AvgIpc) is 3.50. The minimum absolute atomic E-state index is 0.0160. The third-order valence-electron chi connectivity index (χ3n) is 6.43. The number of benzene rings is 1. The zero-order chi connectivity index (χ0) is 22.1. The van der Waals surface area contributed by atoms with Crippen LogP contribution in [-0.4, -0.2) is 33.9 Å². The van der Waals surface area contributed by atoms with Crippen molar-refractivity contribution in [2.24, 2.45) is 10.9 Å². The van der Waals surface area contributed by atoms with E-state index >= 15 is 0 Å². The molecule has 0 spiro atoms. The van der Waals surface area contributed by atoms with Crippen LogP contribution in [-0.2, 0) is 0 Å². The molecule has 1 atom stereocenters. The fourth-order valence-electron chi connectivity index (χ4n) is 4.50. The molecule has 6 nitrogen and oxygen atoms in total. The van der Waals surface area contributed by atoms with Crippen LogP contribution in [0.3, 0.4) is 0 Å². The van der Waals surface area contributed by atoms with E-state index in [1.54, 1.807) is 12.4 Å². The van der Waals surface area contributed by atoms with Crippen LogP contribution < -0.4 is 5.32 Å². The summed E-state index contributed by atoms with van der Waals surface area (Å²) in [4.78, 5) is 37.3. The Morgan fingerprint density at radius 2 is 1.88 bits per heavy atom. The second kappa shape index (κ2) is 8.54. The van der Waals surface area contributed by atoms with Gasteiger partial charge in [-0.25, -0.2) is 4.99 Å². The first-order valence-corrected chi connectivity index (χ1v) is 11.3. The van der Waals surface area contributed by atoms with Crippen molar-refractivity contribution in [3.8, 4) is 22.5 Å². The number of hydrogen-bond donors (Lipinski definition) is 2. The number of aromatic nitrogens is 2. The summed E-state index contributed by atoms with van der Waals surface area (Å²) in [7, 11) is 0. The monoisotopic (exact) mass is 426 g/mol. The van der Waals surface area contributed by atoms with Gasteiger partial charge in [-0.05, 0) is 49.6 Å². The van der Waals surface area contributed by atoms with E-state index in [4.69, 9.17) is 0 Å². The second-order valence-electron chi connectivity index (χ2n) is 8.56. The summed E-state index contributed by atoms with van der Waals surface area (Å²) in [6.45, 7) is 1.99. The summed E-state index contributed by atoms with van der Waals surface area (Å²) in [6, 6.07) is 13.6. The van der Waals surface area contributed by atoms with E-state index in [2.05, 4.69) is 20.3 Å². The van der Waals surface area contributed by atoms with E-state index in [1.807, 2.05) is 49.4 Å². The Morgan fingerprint density at radius 3 is 2.62 bits per heavy atom. The lowest BCUT2D eigenvalue weighted by atomic mass is 9.95. The Bertz CT molecular complexity index is 1190. The quantitative estimate of drug-likeness (QED) is 0.577. The molecule has 3 aromatic rings. The van der Waals surface area contributed by atoms with Crippen molar-refractivity contribution in [3.63, 3.8) is 0 Å². The highest BCUT2D eigenvalue weighted by atomic mass is 16.1. The zero-order valence-electron chi connectivity index (χ0n) is 18.1. The zero-order valence-corrected chi connectivity index (χ0v) is 18.1. The van der Waals surface area contributed by atoms with Gasteiger partial charge in [-0.1, -0.05) is 31.9 Å². The normalized spacial score (nSPS) is 18.0. The van der Waals surface area contributed by atoms with Crippen LogP contribution in [0.1, 0.15) is 59.7 Å². The van der Waals surface area contributed by atoms with Gasteiger partial charge in [0.25, 0.3) is 5.91 Å². The van der Waals surface area contributed by atoms with Crippen LogP contribution in [0.2, 0.25) is 0 Å². The number of nitrogens with zero attached hydrogens (tertiary/aromatic N) is 2. The van der Waals surface area contributed by atoms with E-state index in [0.29, 0.717) is 23.0 Å². The Hall–Kier alpha value is -3.54. The molecule has 5 rings (SSSR count). The van der Waals surface area contributed by atoms with Gasteiger partial charge in [0.15, 0.2) is 5.78 Å². The molecule has 0 radical (unpaired) electrons. The predicted molar refractivity (Wildman–Crippen MR) is 125 cm³/mol. The summed E-state index contributed by atoms with van der Waals surface area (Å²) >= 11 is 0. The third kappa shape index (κ3) is 3.88. The van der Waals surface area contributed by atoms with E-state index in [1.165, 1.54) is 12.8 Å². The number of fused-ring (bicyclic) bond motifs is 1. The molecule has 2 N–H and O–H groups in total. The summed E-state index contributed by atoms with van der Waals surface area (Å²) in [5, 5.41) is 3.12. The average molecular weight is 427 g/mol. The lowest BCUT2D eigenvalue weighted by molar-refractivity contribution is 0.0934. The molecule has 1 amide bonds. The van der Waals surface area contributed by atoms with Gasteiger partial charge < -0.3 is 10.3 Å². The smallest absolute Gasteiger partial charge is 0.251 e. The highest BCUT2D eigenvalue weighted by Gasteiger charge is 2.25. The van der Waals surface area contributed by atoms with Crippen molar-refractivity contribution in [2.45, 2.75) is 45.1 Å². The Kier molecular flexibility index (Phi) is 5.43. The fourth-order valence-corrected chi connectivity index (χ4v) is 4.50. The summed E-state index contributed by atoms with van der Waals surface area (Å²) in [5.41, 5.74) is 4.82. The maximum absolute atomic E-state index is 12.6. The van der Waals surface area contributed by atoms with Gasteiger partial charge in [-0.15, -0.1) is 0 Å². The number of nitrogens with one attached hydrogen (secondary N) is 2. The number of pyridine rings is 1. The molecule has 162 valence electrons. The van der Waals surface area contributed by atoms with Gasteiger partial charge in [0.05, 0.1) is 17.2 Å². The number of carbonyl (C=O) groups is 2. The molecule has 1 aliphatic carbocycles.